The zero-order chi connectivity index (χ0) is 22.6. The van der Waals surface area contributed by atoms with Crippen molar-refractivity contribution in [3.05, 3.63) is 65.7 Å². The van der Waals surface area contributed by atoms with Crippen LogP contribution in [0.1, 0.15) is 30.9 Å². The van der Waals surface area contributed by atoms with E-state index in [1.165, 1.54) is 0 Å². The van der Waals surface area contributed by atoms with Gasteiger partial charge in [0.05, 0.1) is 6.54 Å². The van der Waals surface area contributed by atoms with Gasteiger partial charge < -0.3 is 14.6 Å². The molecule has 4 rings (SSSR count). The van der Waals surface area contributed by atoms with Crippen LogP contribution in [0.3, 0.4) is 0 Å². The van der Waals surface area contributed by atoms with Gasteiger partial charge in [0, 0.05) is 24.6 Å². The molecule has 2 aromatic rings. The average molecular weight is 439 g/mol. The summed E-state index contributed by atoms with van der Waals surface area (Å²) in [5.41, 5.74) is 1.62. The van der Waals surface area contributed by atoms with Crippen molar-refractivity contribution < 1.29 is 24.2 Å². The lowest BCUT2D eigenvalue weighted by atomic mass is 9.81. The van der Waals surface area contributed by atoms with Gasteiger partial charge in [-0.3, -0.25) is 9.80 Å². The first kappa shape index (κ1) is 22.1. The maximum Gasteiger partial charge on any atom is 0.410 e. The van der Waals surface area contributed by atoms with Crippen LogP contribution in [0, 0.1) is 5.92 Å². The number of amides is 1. The highest BCUT2D eigenvalue weighted by Crippen LogP contribution is 2.37. The molecule has 2 aromatic carbocycles. The number of carboxylic acid groups (broad SMARTS) is 1. The number of hydrogen-bond acceptors (Lipinski definition) is 5. The number of carbonyl (C=O) groups excluding carboxylic acids is 1. The highest BCUT2D eigenvalue weighted by atomic mass is 16.6. The lowest BCUT2D eigenvalue weighted by Crippen LogP contribution is -2.45. The second-order valence-corrected chi connectivity index (χ2v) is 8.86. The van der Waals surface area contributed by atoms with Gasteiger partial charge >= 0.3 is 12.1 Å². The van der Waals surface area contributed by atoms with Crippen LogP contribution in [0.5, 0.6) is 5.75 Å². The summed E-state index contributed by atoms with van der Waals surface area (Å²) < 4.78 is 11.3. The van der Waals surface area contributed by atoms with E-state index in [0.29, 0.717) is 31.3 Å². The van der Waals surface area contributed by atoms with Gasteiger partial charge in [-0.1, -0.05) is 48.5 Å². The summed E-state index contributed by atoms with van der Waals surface area (Å²) >= 11 is 0. The second kappa shape index (κ2) is 9.61. The first-order valence-electron chi connectivity index (χ1n) is 11.1. The minimum atomic E-state index is -0.985. The summed E-state index contributed by atoms with van der Waals surface area (Å²) in [4.78, 5) is 27.5. The van der Waals surface area contributed by atoms with Gasteiger partial charge in [0.25, 0.3) is 0 Å². The Kier molecular flexibility index (Phi) is 6.65. The molecule has 1 N–H and O–H groups in total. The van der Waals surface area contributed by atoms with E-state index in [9.17, 15) is 9.59 Å². The first-order valence-corrected chi connectivity index (χ1v) is 11.1. The quantitative estimate of drug-likeness (QED) is 0.676. The maximum atomic E-state index is 12.5. The summed E-state index contributed by atoms with van der Waals surface area (Å²) in [5.74, 6) is -0.0616. The molecule has 0 radical (unpaired) electrons. The highest BCUT2D eigenvalue weighted by Gasteiger charge is 2.47. The van der Waals surface area contributed by atoms with Gasteiger partial charge in [0.2, 0.25) is 0 Å². The third-order valence-electron chi connectivity index (χ3n) is 6.47. The van der Waals surface area contributed by atoms with E-state index in [1.54, 1.807) is 4.90 Å². The molecule has 7 heteroatoms. The molecule has 2 saturated heterocycles. The number of hydrogen-bond donors (Lipinski definition) is 1. The van der Waals surface area contributed by atoms with Crippen LogP contribution < -0.4 is 4.74 Å². The predicted octanol–water partition coefficient (Wildman–Crippen LogP) is 3.77. The van der Waals surface area contributed by atoms with Gasteiger partial charge in [0.15, 0.2) is 6.61 Å². The monoisotopic (exact) mass is 438 g/mol. The largest absolute Gasteiger partial charge is 0.482 e. The Morgan fingerprint density at radius 1 is 1.09 bits per heavy atom. The SMILES string of the molecule is CC1(C2CCN(Cc3ccccc3OCC(=O)O)CC2)CN(Cc2ccccc2)C(=O)O1. The topological polar surface area (TPSA) is 79.3 Å². The van der Waals surface area contributed by atoms with E-state index in [4.69, 9.17) is 14.6 Å². The van der Waals surface area contributed by atoms with E-state index < -0.39 is 11.6 Å². The van der Waals surface area contributed by atoms with Crippen LogP contribution in [0.2, 0.25) is 0 Å². The van der Waals surface area contributed by atoms with Crippen molar-refractivity contribution in [2.24, 2.45) is 5.92 Å². The van der Waals surface area contributed by atoms with E-state index in [2.05, 4.69) is 11.8 Å². The molecule has 0 bridgehead atoms. The molecular formula is C25H30N2O5. The summed E-state index contributed by atoms with van der Waals surface area (Å²) in [6.07, 6.45) is 1.66. The fourth-order valence-corrected chi connectivity index (χ4v) is 4.73. The molecular weight excluding hydrogens is 408 g/mol. The van der Waals surface area contributed by atoms with Crippen molar-refractivity contribution in [3.8, 4) is 5.75 Å². The van der Waals surface area contributed by atoms with Crippen molar-refractivity contribution >= 4 is 12.1 Å². The molecule has 32 heavy (non-hydrogen) atoms. The predicted molar refractivity (Wildman–Crippen MR) is 119 cm³/mol. The van der Waals surface area contributed by atoms with Gasteiger partial charge in [-0.15, -0.1) is 0 Å². The van der Waals surface area contributed by atoms with Crippen molar-refractivity contribution in [1.29, 1.82) is 0 Å². The number of benzene rings is 2. The Bertz CT molecular complexity index is 942. The fourth-order valence-electron chi connectivity index (χ4n) is 4.73. The number of rotatable bonds is 8. The smallest absolute Gasteiger partial charge is 0.410 e. The van der Waals surface area contributed by atoms with Crippen LogP contribution in [-0.2, 0) is 22.6 Å². The number of cyclic esters (lactones) is 1. The van der Waals surface area contributed by atoms with Crippen molar-refractivity contribution in [2.75, 3.05) is 26.2 Å². The second-order valence-electron chi connectivity index (χ2n) is 8.86. The Balaban J connectivity index is 1.32. The Morgan fingerprint density at radius 3 is 2.50 bits per heavy atom. The zero-order valence-corrected chi connectivity index (χ0v) is 18.4. The van der Waals surface area contributed by atoms with Gasteiger partial charge in [-0.2, -0.15) is 0 Å². The number of carbonyl (C=O) groups is 2. The van der Waals surface area contributed by atoms with Crippen molar-refractivity contribution in [2.45, 2.75) is 38.5 Å². The van der Waals surface area contributed by atoms with Crippen LogP contribution in [0.25, 0.3) is 0 Å². The van der Waals surface area contributed by atoms with E-state index in [1.807, 2.05) is 54.6 Å². The van der Waals surface area contributed by atoms with Gasteiger partial charge in [0.1, 0.15) is 11.4 Å². The molecule has 7 nitrogen and oxygen atoms in total. The summed E-state index contributed by atoms with van der Waals surface area (Å²) in [7, 11) is 0. The summed E-state index contributed by atoms with van der Waals surface area (Å²) in [6, 6.07) is 17.6. The van der Waals surface area contributed by atoms with Crippen molar-refractivity contribution in [3.63, 3.8) is 0 Å². The Hall–Kier alpha value is -3.06. The number of likely N-dealkylation sites (tertiary alicyclic amines) is 1. The van der Waals surface area contributed by atoms with Crippen LogP contribution in [0.15, 0.2) is 54.6 Å². The van der Waals surface area contributed by atoms with E-state index in [0.717, 1.165) is 37.1 Å². The average Bonchev–Trinajstić information content (AvgIpc) is 3.08. The maximum absolute atomic E-state index is 12.5. The number of aliphatic carboxylic acids is 1. The standard InChI is InChI=1S/C25H30N2O5/c1-25(18-27(24(30)32-25)15-19-7-3-2-4-8-19)21-11-13-26(14-12-21)16-20-9-5-6-10-22(20)31-17-23(28)29/h2-10,21H,11-18H2,1H3,(H,28,29). The number of carboxylic acids is 1. The third kappa shape index (κ3) is 5.22. The number of para-hydroxylation sites is 1. The van der Waals surface area contributed by atoms with Crippen LogP contribution in [-0.4, -0.2) is 58.8 Å². The molecule has 1 atom stereocenters. The molecule has 2 heterocycles. The van der Waals surface area contributed by atoms with Crippen LogP contribution >= 0.6 is 0 Å². The van der Waals surface area contributed by atoms with E-state index in [-0.39, 0.29) is 12.7 Å². The molecule has 1 unspecified atom stereocenters. The molecule has 2 fully saturated rings. The Morgan fingerprint density at radius 2 is 1.78 bits per heavy atom. The number of ether oxygens (including phenoxy) is 2. The van der Waals surface area contributed by atoms with Crippen molar-refractivity contribution in [1.82, 2.24) is 9.80 Å². The molecule has 170 valence electrons. The molecule has 0 aromatic heterocycles. The fraction of sp³-hybridized carbons (Fsp3) is 0.440. The van der Waals surface area contributed by atoms with Crippen LogP contribution in [0.4, 0.5) is 4.79 Å². The van der Waals surface area contributed by atoms with Gasteiger partial charge in [-0.05, 0) is 44.5 Å². The molecule has 0 aliphatic carbocycles. The molecule has 2 aliphatic rings. The lowest BCUT2D eigenvalue weighted by molar-refractivity contribution is -0.139. The number of nitrogens with zero attached hydrogens (tertiary/aromatic N) is 2. The normalized spacial score (nSPS) is 22.0. The minimum Gasteiger partial charge on any atom is -0.482 e. The summed E-state index contributed by atoms with van der Waals surface area (Å²) in [5, 5.41) is 8.89. The molecule has 1 amide bonds. The Labute approximate surface area is 188 Å². The molecule has 0 saturated carbocycles. The zero-order valence-electron chi connectivity index (χ0n) is 18.4. The number of piperidine rings is 1. The molecule has 2 aliphatic heterocycles. The summed E-state index contributed by atoms with van der Waals surface area (Å²) in [6.45, 7) is 5.39. The first-order chi connectivity index (χ1) is 15.4. The van der Waals surface area contributed by atoms with Gasteiger partial charge in [-0.25, -0.2) is 9.59 Å². The third-order valence-corrected chi connectivity index (χ3v) is 6.47. The minimum absolute atomic E-state index is 0.233. The lowest BCUT2D eigenvalue weighted by Gasteiger charge is -2.39. The molecule has 0 spiro atoms. The highest BCUT2D eigenvalue weighted by molar-refractivity contribution is 5.70. The van der Waals surface area contributed by atoms with E-state index >= 15 is 0 Å².